The largest absolute Gasteiger partial charge is 0.377 e. The van der Waals surface area contributed by atoms with Crippen molar-refractivity contribution in [2.75, 3.05) is 17.2 Å². The van der Waals surface area contributed by atoms with Crippen LogP contribution in [0.4, 0.5) is 20.2 Å². The molecular weight excluding hydrogens is 192 g/mol. The molecule has 1 aliphatic heterocycles. The lowest BCUT2D eigenvalue weighted by atomic mass is 10.3. The maximum atomic E-state index is 12.9. The highest BCUT2D eigenvalue weighted by atomic mass is 19.3. The average molecular weight is 199 g/mol. The van der Waals surface area contributed by atoms with Crippen LogP contribution < -0.4 is 10.6 Å². The summed E-state index contributed by atoms with van der Waals surface area (Å²) in [7, 11) is 0. The van der Waals surface area contributed by atoms with Crippen LogP contribution >= 0.6 is 0 Å². The van der Waals surface area contributed by atoms with Crippen molar-refractivity contribution in [1.82, 2.24) is 4.98 Å². The number of hydrogen-bond acceptors (Lipinski definition) is 3. The van der Waals surface area contributed by atoms with Crippen LogP contribution in [0.3, 0.4) is 0 Å². The van der Waals surface area contributed by atoms with Crippen molar-refractivity contribution < 1.29 is 13.6 Å². The SMILES string of the molecule is O=C1Nc2cnccc2NCC1(F)F. The van der Waals surface area contributed by atoms with Crippen molar-refractivity contribution in [1.29, 1.82) is 0 Å². The minimum Gasteiger partial charge on any atom is -0.377 e. The number of carbonyl (C=O) groups excluding carboxylic acids is 1. The standard InChI is InChI=1S/C8H7F2N3O/c9-8(10)4-12-5-1-2-11-3-6(5)13-7(8)14/h1-3,12H,4H2,(H,13,14). The minimum atomic E-state index is -3.39. The quantitative estimate of drug-likeness (QED) is 0.657. The molecule has 2 N–H and O–H groups in total. The highest BCUT2D eigenvalue weighted by Crippen LogP contribution is 2.27. The number of amides is 1. The number of nitrogens with one attached hydrogen (secondary N) is 2. The maximum absolute atomic E-state index is 12.9. The van der Waals surface area contributed by atoms with Crippen molar-refractivity contribution in [2.45, 2.75) is 5.92 Å². The fourth-order valence-electron chi connectivity index (χ4n) is 1.15. The Bertz CT molecular complexity index is 381. The number of pyridine rings is 1. The Kier molecular flexibility index (Phi) is 1.83. The lowest BCUT2D eigenvalue weighted by Gasteiger charge is -2.10. The van der Waals surface area contributed by atoms with E-state index in [1.54, 1.807) is 0 Å². The molecule has 0 unspecified atom stereocenters. The first kappa shape index (κ1) is 8.86. The van der Waals surface area contributed by atoms with Gasteiger partial charge in [0.05, 0.1) is 24.1 Å². The molecule has 1 aromatic rings. The lowest BCUT2D eigenvalue weighted by Crippen LogP contribution is -2.38. The van der Waals surface area contributed by atoms with E-state index in [1.165, 1.54) is 18.5 Å². The molecule has 0 fully saturated rings. The minimum absolute atomic E-state index is 0.273. The number of rotatable bonds is 0. The van der Waals surface area contributed by atoms with Gasteiger partial charge in [-0.15, -0.1) is 0 Å². The Labute approximate surface area is 78.3 Å². The topological polar surface area (TPSA) is 54.0 Å². The second-order valence-electron chi connectivity index (χ2n) is 2.93. The molecule has 14 heavy (non-hydrogen) atoms. The number of nitrogens with zero attached hydrogens (tertiary/aromatic N) is 1. The molecule has 2 rings (SSSR count). The summed E-state index contributed by atoms with van der Waals surface area (Å²) in [6.45, 7) is -0.699. The van der Waals surface area contributed by atoms with E-state index in [0.29, 0.717) is 5.69 Å². The molecule has 1 aromatic heterocycles. The molecule has 0 aromatic carbocycles. The second kappa shape index (κ2) is 2.90. The monoisotopic (exact) mass is 199 g/mol. The van der Waals surface area contributed by atoms with Crippen LogP contribution in [0.2, 0.25) is 0 Å². The molecule has 2 heterocycles. The van der Waals surface area contributed by atoms with Crippen LogP contribution in [0.5, 0.6) is 0 Å². The van der Waals surface area contributed by atoms with Crippen LogP contribution in [0, 0.1) is 0 Å². The molecule has 0 saturated carbocycles. The van der Waals surface area contributed by atoms with E-state index >= 15 is 0 Å². The highest BCUT2D eigenvalue weighted by molar-refractivity contribution is 6.00. The number of halogens is 2. The Balaban J connectivity index is 2.38. The molecule has 74 valence electrons. The Morgan fingerprint density at radius 1 is 1.43 bits per heavy atom. The van der Waals surface area contributed by atoms with Crippen LogP contribution in [-0.4, -0.2) is 23.4 Å². The van der Waals surface area contributed by atoms with Crippen LogP contribution in [-0.2, 0) is 4.79 Å². The molecule has 0 spiro atoms. The number of fused-ring (bicyclic) bond motifs is 1. The predicted molar refractivity (Wildman–Crippen MR) is 46.3 cm³/mol. The number of carbonyl (C=O) groups is 1. The van der Waals surface area contributed by atoms with Crippen molar-refractivity contribution in [3.63, 3.8) is 0 Å². The van der Waals surface area contributed by atoms with Crippen LogP contribution in [0.1, 0.15) is 0 Å². The van der Waals surface area contributed by atoms with Crippen LogP contribution in [0.15, 0.2) is 18.5 Å². The van der Waals surface area contributed by atoms with Crippen molar-refractivity contribution in [2.24, 2.45) is 0 Å². The van der Waals surface area contributed by atoms with E-state index in [2.05, 4.69) is 15.6 Å². The Morgan fingerprint density at radius 3 is 3.00 bits per heavy atom. The van der Waals surface area contributed by atoms with E-state index < -0.39 is 18.4 Å². The van der Waals surface area contributed by atoms with Gasteiger partial charge in [-0.1, -0.05) is 0 Å². The summed E-state index contributed by atoms with van der Waals surface area (Å²) < 4.78 is 25.9. The van der Waals surface area contributed by atoms with Gasteiger partial charge in [0.2, 0.25) is 0 Å². The third-order valence-electron chi connectivity index (χ3n) is 1.90. The summed E-state index contributed by atoms with van der Waals surface area (Å²) >= 11 is 0. The molecule has 1 aliphatic rings. The number of hydrogen-bond donors (Lipinski definition) is 2. The smallest absolute Gasteiger partial charge is 0.341 e. The highest BCUT2D eigenvalue weighted by Gasteiger charge is 2.40. The normalized spacial score (nSPS) is 18.9. The van der Waals surface area contributed by atoms with Gasteiger partial charge >= 0.3 is 5.92 Å². The summed E-state index contributed by atoms with van der Waals surface area (Å²) in [6.07, 6.45) is 2.78. The summed E-state index contributed by atoms with van der Waals surface area (Å²) in [5.41, 5.74) is 0.722. The number of anilines is 2. The van der Waals surface area contributed by atoms with E-state index in [1.807, 2.05) is 0 Å². The first-order valence-corrected chi connectivity index (χ1v) is 3.97. The molecule has 6 heteroatoms. The van der Waals surface area contributed by atoms with Gasteiger partial charge in [0.25, 0.3) is 5.91 Å². The van der Waals surface area contributed by atoms with Gasteiger partial charge in [-0.05, 0) is 6.07 Å². The van der Waals surface area contributed by atoms with E-state index in [4.69, 9.17) is 0 Å². The fraction of sp³-hybridized carbons (Fsp3) is 0.250. The zero-order chi connectivity index (χ0) is 10.2. The molecule has 0 aliphatic carbocycles. The van der Waals surface area contributed by atoms with Gasteiger partial charge in [-0.3, -0.25) is 9.78 Å². The molecular formula is C8H7F2N3O. The summed E-state index contributed by atoms with van der Waals surface area (Å²) in [5.74, 6) is -4.70. The van der Waals surface area contributed by atoms with E-state index in [9.17, 15) is 13.6 Å². The van der Waals surface area contributed by atoms with Crippen molar-refractivity contribution in [3.8, 4) is 0 Å². The van der Waals surface area contributed by atoms with Crippen molar-refractivity contribution >= 4 is 17.3 Å². The zero-order valence-electron chi connectivity index (χ0n) is 7.05. The Morgan fingerprint density at radius 2 is 2.21 bits per heavy atom. The van der Waals surface area contributed by atoms with Crippen LogP contribution in [0.25, 0.3) is 0 Å². The number of alkyl halides is 2. The summed E-state index contributed by atoms with van der Waals surface area (Å²) in [4.78, 5) is 14.7. The fourth-order valence-corrected chi connectivity index (χ4v) is 1.15. The molecule has 1 amide bonds. The first-order valence-electron chi connectivity index (χ1n) is 3.97. The van der Waals surface area contributed by atoms with Gasteiger partial charge in [0.15, 0.2) is 0 Å². The van der Waals surface area contributed by atoms with Gasteiger partial charge in [-0.2, -0.15) is 8.78 Å². The molecule has 4 nitrogen and oxygen atoms in total. The first-order chi connectivity index (χ1) is 6.59. The van der Waals surface area contributed by atoms with Gasteiger partial charge in [0, 0.05) is 6.20 Å². The summed E-state index contributed by atoms with van der Waals surface area (Å²) in [5, 5.41) is 4.57. The predicted octanol–water partition coefficient (Wildman–Crippen LogP) is 1.08. The molecule has 0 atom stereocenters. The van der Waals surface area contributed by atoms with Crippen molar-refractivity contribution in [3.05, 3.63) is 18.5 Å². The third kappa shape index (κ3) is 1.39. The third-order valence-corrected chi connectivity index (χ3v) is 1.90. The summed E-state index contributed by atoms with van der Waals surface area (Å²) in [6, 6.07) is 1.52. The maximum Gasteiger partial charge on any atom is 0.341 e. The van der Waals surface area contributed by atoms with E-state index in [-0.39, 0.29) is 5.69 Å². The lowest BCUT2D eigenvalue weighted by molar-refractivity contribution is -0.137. The molecule has 0 radical (unpaired) electrons. The molecule has 0 bridgehead atoms. The van der Waals surface area contributed by atoms with Gasteiger partial charge in [-0.25, -0.2) is 0 Å². The van der Waals surface area contributed by atoms with Gasteiger partial charge in [0.1, 0.15) is 0 Å². The van der Waals surface area contributed by atoms with Gasteiger partial charge < -0.3 is 10.6 Å². The Hall–Kier alpha value is -1.72. The number of aromatic nitrogens is 1. The zero-order valence-corrected chi connectivity index (χ0v) is 7.05. The molecule has 0 saturated heterocycles. The average Bonchev–Trinajstić information content (AvgIpc) is 2.26. The van der Waals surface area contributed by atoms with E-state index in [0.717, 1.165) is 0 Å². The second-order valence-corrected chi connectivity index (χ2v) is 2.93.